The highest BCUT2D eigenvalue weighted by molar-refractivity contribution is 6.00. The number of rotatable bonds is 0. The van der Waals surface area contributed by atoms with E-state index in [4.69, 9.17) is 0 Å². The lowest BCUT2D eigenvalue weighted by atomic mass is 9.74. The molecule has 1 aromatic rings. The van der Waals surface area contributed by atoms with Crippen molar-refractivity contribution in [2.45, 2.75) is 32.9 Å². The maximum atomic E-state index is 12.8. The first-order valence-electron chi connectivity index (χ1n) is 5.29. The Labute approximate surface area is 96.9 Å². The van der Waals surface area contributed by atoms with Gasteiger partial charge in [0.1, 0.15) is 0 Å². The van der Waals surface area contributed by atoms with Gasteiger partial charge in [0.15, 0.2) is 5.78 Å². The summed E-state index contributed by atoms with van der Waals surface area (Å²) in [5.74, 6) is -0.461. The summed E-state index contributed by atoms with van der Waals surface area (Å²) < 4.78 is 38.3. The van der Waals surface area contributed by atoms with Crippen molar-refractivity contribution in [3.05, 3.63) is 29.1 Å². The second kappa shape index (κ2) is 3.55. The van der Waals surface area contributed by atoms with Crippen LogP contribution in [-0.4, -0.2) is 10.8 Å². The van der Waals surface area contributed by atoms with Gasteiger partial charge in [0.05, 0.1) is 16.8 Å². The minimum absolute atomic E-state index is 0.134. The van der Waals surface area contributed by atoms with E-state index in [9.17, 15) is 18.0 Å². The van der Waals surface area contributed by atoms with Crippen LogP contribution in [0.3, 0.4) is 0 Å². The van der Waals surface area contributed by atoms with Crippen molar-refractivity contribution in [1.29, 1.82) is 0 Å². The van der Waals surface area contributed by atoms with Gasteiger partial charge in [-0.05, 0) is 17.9 Å². The summed E-state index contributed by atoms with van der Waals surface area (Å²) in [7, 11) is 0. The molecule has 0 fully saturated rings. The Morgan fingerprint density at radius 1 is 1.29 bits per heavy atom. The molecule has 0 atom stereocenters. The molecule has 1 aliphatic rings. The number of nitrogens with zero attached hydrogens (tertiary/aromatic N) is 1. The van der Waals surface area contributed by atoms with E-state index in [2.05, 4.69) is 4.98 Å². The third-order valence-electron chi connectivity index (χ3n) is 2.90. The Balaban J connectivity index is 2.60. The fourth-order valence-electron chi connectivity index (χ4n) is 2.23. The third-order valence-corrected chi connectivity index (χ3v) is 2.90. The van der Waals surface area contributed by atoms with Gasteiger partial charge in [-0.1, -0.05) is 13.8 Å². The van der Waals surface area contributed by atoms with E-state index in [0.717, 1.165) is 12.3 Å². The van der Waals surface area contributed by atoms with Crippen molar-refractivity contribution < 1.29 is 18.0 Å². The van der Waals surface area contributed by atoms with Gasteiger partial charge >= 0.3 is 6.18 Å². The largest absolute Gasteiger partial charge is 0.417 e. The monoisotopic (exact) mass is 243 g/mol. The van der Waals surface area contributed by atoms with Crippen LogP contribution in [0, 0.1) is 5.41 Å². The molecular weight excluding hydrogens is 231 g/mol. The minimum atomic E-state index is -4.50. The summed E-state index contributed by atoms with van der Waals surface area (Å²) in [5, 5.41) is 0. The van der Waals surface area contributed by atoms with Gasteiger partial charge in [0, 0.05) is 12.6 Å². The van der Waals surface area contributed by atoms with Gasteiger partial charge in [0.2, 0.25) is 0 Å². The van der Waals surface area contributed by atoms with Crippen LogP contribution >= 0.6 is 0 Å². The number of hydrogen-bond donors (Lipinski definition) is 0. The second-order valence-electron chi connectivity index (χ2n) is 5.12. The molecule has 2 rings (SSSR count). The summed E-state index contributed by atoms with van der Waals surface area (Å²) >= 11 is 0. The van der Waals surface area contributed by atoms with Crippen LogP contribution < -0.4 is 0 Å². The molecule has 0 bridgehead atoms. The predicted molar refractivity (Wildman–Crippen MR) is 55.7 cm³/mol. The van der Waals surface area contributed by atoms with Crippen LogP contribution in [0.1, 0.15) is 41.9 Å². The molecule has 0 saturated carbocycles. The maximum Gasteiger partial charge on any atom is 0.417 e. The number of Topliss-reactive ketones (excluding diaryl/α,β-unsaturated/α-hetero) is 1. The van der Waals surface area contributed by atoms with Crippen molar-refractivity contribution in [1.82, 2.24) is 4.98 Å². The highest BCUT2D eigenvalue weighted by Gasteiger charge is 2.41. The average Bonchev–Trinajstić information content (AvgIpc) is 2.13. The maximum absolute atomic E-state index is 12.8. The third kappa shape index (κ3) is 2.18. The van der Waals surface area contributed by atoms with Crippen LogP contribution in [0.5, 0.6) is 0 Å². The van der Waals surface area contributed by atoms with E-state index >= 15 is 0 Å². The molecule has 2 nitrogen and oxygen atoms in total. The van der Waals surface area contributed by atoms with E-state index in [0.29, 0.717) is 6.42 Å². The van der Waals surface area contributed by atoms with E-state index in [1.165, 1.54) is 0 Å². The lowest BCUT2D eigenvalue weighted by Gasteiger charge is -2.30. The van der Waals surface area contributed by atoms with Crippen molar-refractivity contribution >= 4 is 5.78 Å². The van der Waals surface area contributed by atoms with E-state index < -0.39 is 17.5 Å². The Morgan fingerprint density at radius 2 is 1.94 bits per heavy atom. The zero-order chi connectivity index (χ0) is 12.8. The molecule has 5 heteroatoms. The fourth-order valence-corrected chi connectivity index (χ4v) is 2.23. The summed E-state index contributed by atoms with van der Waals surface area (Å²) in [6.45, 7) is 3.71. The topological polar surface area (TPSA) is 30.0 Å². The molecule has 1 aromatic heterocycles. The Hall–Kier alpha value is -1.39. The van der Waals surface area contributed by atoms with Crippen molar-refractivity contribution in [3.63, 3.8) is 0 Å². The molecule has 0 N–H and O–H groups in total. The number of halogens is 3. The molecule has 0 saturated heterocycles. The Bertz CT molecular complexity index is 477. The molecule has 17 heavy (non-hydrogen) atoms. The van der Waals surface area contributed by atoms with Gasteiger partial charge in [-0.25, -0.2) is 0 Å². The first-order valence-corrected chi connectivity index (χ1v) is 5.29. The average molecular weight is 243 g/mol. The normalized spacial score (nSPS) is 19.0. The van der Waals surface area contributed by atoms with Gasteiger partial charge in [0.25, 0.3) is 0 Å². The summed E-state index contributed by atoms with van der Waals surface area (Å²) in [5.41, 5.74) is -1.15. The lowest BCUT2D eigenvalue weighted by molar-refractivity contribution is -0.138. The fraction of sp³-hybridized carbons (Fsp3) is 0.500. The molecule has 1 aliphatic carbocycles. The van der Waals surface area contributed by atoms with E-state index in [1.54, 1.807) is 0 Å². The number of pyridine rings is 1. The molecule has 0 aliphatic heterocycles. The molecule has 92 valence electrons. The van der Waals surface area contributed by atoms with Crippen molar-refractivity contribution in [2.75, 3.05) is 0 Å². The summed E-state index contributed by atoms with van der Waals surface area (Å²) in [6, 6.07) is 0.870. The first kappa shape index (κ1) is 12.1. The zero-order valence-corrected chi connectivity index (χ0v) is 9.56. The first-order chi connectivity index (χ1) is 7.71. The Kier molecular flexibility index (Phi) is 2.52. The number of ketones is 1. The highest BCUT2D eigenvalue weighted by atomic mass is 19.4. The smallest absolute Gasteiger partial charge is 0.294 e. The summed E-state index contributed by atoms with van der Waals surface area (Å²) in [6.07, 6.45) is -2.84. The molecule has 0 amide bonds. The van der Waals surface area contributed by atoms with E-state index in [-0.39, 0.29) is 23.1 Å². The number of hydrogen-bond acceptors (Lipinski definition) is 2. The van der Waals surface area contributed by atoms with Crippen LogP contribution in [0.4, 0.5) is 13.2 Å². The molecule has 0 spiro atoms. The molecule has 0 aromatic carbocycles. The molecule has 0 unspecified atom stereocenters. The minimum Gasteiger partial charge on any atom is -0.294 e. The van der Waals surface area contributed by atoms with Crippen molar-refractivity contribution in [2.24, 2.45) is 5.41 Å². The quantitative estimate of drug-likeness (QED) is 0.700. The standard InChI is InChI=1S/C12H12F3NO/c1-11(2)5-8-10(9(17)6-11)7(3-4-16-8)12(13,14)15/h3-4H,5-6H2,1-2H3. The van der Waals surface area contributed by atoms with Gasteiger partial charge in [-0.2, -0.15) is 13.2 Å². The molecule has 1 heterocycles. The van der Waals surface area contributed by atoms with Crippen LogP contribution in [0.2, 0.25) is 0 Å². The SMILES string of the molecule is CC1(C)CC(=O)c2c(C(F)(F)F)ccnc2C1. The van der Waals surface area contributed by atoms with Crippen LogP contribution in [0.15, 0.2) is 12.3 Å². The number of fused-ring (bicyclic) bond motifs is 1. The predicted octanol–water partition coefficient (Wildman–Crippen LogP) is 3.26. The summed E-state index contributed by atoms with van der Waals surface area (Å²) in [4.78, 5) is 15.7. The number of aromatic nitrogens is 1. The van der Waals surface area contributed by atoms with E-state index in [1.807, 2.05) is 13.8 Å². The molecular formula is C12H12F3NO. The second-order valence-corrected chi connectivity index (χ2v) is 5.12. The van der Waals surface area contributed by atoms with Gasteiger partial charge < -0.3 is 0 Å². The number of carbonyl (C=O) groups is 1. The number of alkyl halides is 3. The van der Waals surface area contributed by atoms with Crippen molar-refractivity contribution in [3.8, 4) is 0 Å². The van der Waals surface area contributed by atoms with Crippen LogP contribution in [-0.2, 0) is 12.6 Å². The van der Waals surface area contributed by atoms with Crippen LogP contribution in [0.25, 0.3) is 0 Å². The number of carbonyl (C=O) groups excluding carboxylic acids is 1. The highest BCUT2D eigenvalue weighted by Crippen LogP contribution is 2.39. The van der Waals surface area contributed by atoms with Gasteiger partial charge in [-0.15, -0.1) is 0 Å². The molecule has 0 radical (unpaired) electrons. The van der Waals surface area contributed by atoms with Gasteiger partial charge in [-0.3, -0.25) is 9.78 Å². The lowest BCUT2D eigenvalue weighted by Crippen LogP contribution is -2.30. The zero-order valence-electron chi connectivity index (χ0n) is 9.56. The Morgan fingerprint density at radius 3 is 2.53 bits per heavy atom.